The predicted molar refractivity (Wildman–Crippen MR) is 53.5 cm³/mol. The third-order valence-electron chi connectivity index (χ3n) is 1.83. The molecule has 0 radical (unpaired) electrons. The zero-order chi connectivity index (χ0) is 9.42. The van der Waals surface area contributed by atoms with Crippen LogP contribution in [0.5, 0.6) is 0 Å². The van der Waals surface area contributed by atoms with E-state index >= 15 is 0 Å². The van der Waals surface area contributed by atoms with E-state index in [4.69, 9.17) is 0 Å². The van der Waals surface area contributed by atoms with Gasteiger partial charge in [0.25, 0.3) is 11.8 Å². The van der Waals surface area contributed by atoms with Gasteiger partial charge in [-0.3, -0.25) is 9.59 Å². The summed E-state index contributed by atoms with van der Waals surface area (Å²) >= 11 is 3.02. The highest BCUT2D eigenvalue weighted by Gasteiger charge is 2.35. The molecule has 1 heterocycles. The lowest BCUT2D eigenvalue weighted by atomic mass is 10.1. The molecule has 2 rings (SSSR count). The largest absolute Gasteiger partial charge is 0.272 e. The Morgan fingerprint density at radius 2 is 1.54 bits per heavy atom. The second-order valence-corrected chi connectivity index (χ2v) is 3.89. The van der Waals surface area contributed by atoms with Crippen LogP contribution in [0.3, 0.4) is 0 Å². The minimum absolute atomic E-state index is 0.262. The summed E-state index contributed by atoms with van der Waals surface area (Å²) in [4.78, 5) is 23.0. The van der Waals surface area contributed by atoms with E-state index < -0.39 is 0 Å². The summed E-state index contributed by atoms with van der Waals surface area (Å²) in [5.41, 5.74) is 0.943. The molecule has 0 N–H and O–H groups in total. The minimum atomic E-state index is -0.262. The van der Waals surface area contributed by atoms with Crippen LogP contribution in [0, 0.1) is 0 Å². The molecular formula is C8H4BrNO2S. The van der Waals surface area contributed by atoms with Gasteiger partial charge in [-0.15, -0.1) is 0 Å². The molecule has 0 aliphatic carbocycles. The first kappa shape index (κ1) is 8.77. The lowest BCUT2D eigenvalue weighted by Gasteiger charge is -2.04. The lowest BCUT2D eigenvalue weighted by Crippen LogP contribution is -2.20. The fourth-order valence-electron chi connectivity index (χ4n) is 1.23. The van der Waals surface area contributed by atoms with Gasteiger partial charge in [0.05, 0.1) is 11.1 Å². The van der Waals surface area contributed by atoms with Gasteiger partial charge in [-0.1, -0.05) is 12.1 Å². The zero-order valence-electron chi connectivity index (χ0n) is 6.36. The summed E-state index contributed by atoms with van der Waals surface area (Å²) in [5, 5.41) is 0. The second-order valence-electron chi connectivity index (χ2n) is 2.52. The smallest absolute Gasteiger partial charge is 0.268 e. The molecule has 0 fully saturated rings. The molecule has 1 aromatic rings. The first-order valence-corrected chi connectivity index (χ1v) is 6.14. The molecule has 0 spiro atoms. The number of rotatable bonds is 1. The summed E-state index contributed by atoms with van der Waals surface area (Å²) in [5.74, 6) is -0.523. The number of carbonyl (C=O) groups excluding carboxylic acids is 2. The number of benzene rings is 1. The maximum absolute atomic E-state index is 11.5. The second kappa shape index (κ2) is 3.16. The number of nitrogens with zero attached hydrogens (tertiary/aromatic N) is 1. The predicted octanol–water partition coefficient (Wildman–Crippen LogP) is 2.24. The summed E-state index contributed by atoms with van der Waals surface area (Å²) < 4.78 is 1.09. The van der Waals surface area contributed by atoms with Crippen LogP contribution in [0.25, 0.3) is 0 Å². The van der Waals surface area contributed by atoms with Crippen molar-refractivity contribution < 1.29 is 9.59 Å². The lowest BCUT2D eigenvalue weighted by molar-refractivity contribution is 0.0779. The average Bonchev–Trinajstić information content (AvgIpc) is 2.41. The Labute approximate surface area is 86.4 Å². The fraction of sp³-hybridized carbons (Fsp3) is 0. The van der Waals surface area contributed by atoms with Gasteiger partial charge in [-0.25, -0.2) is 4.31 Å². The number of fused-ring (bicyclic) bond motifs is 1. The molecule has 1 aromatic carbocycles. The quantitative estimate of drug-likeness (QED) is 0.572. The number of halogens is 1. The summed E-state index contributed by atoms with van der Waals surface area (Å²) in [6.07, 6.45) is 0. The van der Waals surface area contributed by atoms with Crippen molar-refractivity contribution in [1.82, 2.24) is 4.31 Å². The summed E-state index contributed by atoms with van der Waals surface area (Å²) in [6.45, 7) is 0. The topological polar surface area (TPSA) is 37.4 Å². The van der Waals surface area contributed by atoms with Crippen LogP contribution < -0.4 is 0 Å². The van der Waals surface area contributed by atoms with Crippen LogP contribution >= 0.6 is 25.2 Å². The SMILES string of the molecule is O=C1c2ccccc2C(=O)N1SBr. The monoisotopic (exact) mass is 257 g/mol. The van der Waals surface area contributed by atoms with Crippen molar-refractivity contribution in [3.05, 3.63) is 35.4 Å². The van der Waals surface area contributed by atoms with Gasteiger partial charge in [-0.2, -0.15) is 0 Å². The molecule has 0 aromatic heterocycles. The van der Waals surface area contributed by atoms with Crippen molar-refractivity contribution >= 4 is 37.0 Å². The summed E-state index contributed by atoms with van der Waals surface area (Å²) in [7, 11) is 0.952. The molecule has 5 heteroatoms. The van der Waals surface area contributed by atoms with Gasteiger partial charge in [0, 0.05) is 25.2 Å². The van der Waals surface area contributed by atoms with Gasteiger partial charge >= 0.3 is 0 Å². The first-order chi connectivity index (χ1) is 6.25. The molecule has 0 atom stereocenters. The van der Waals surface area contributed by atoms with E-state index in [2.05, 4.69) is 14.8 Å². The van der Waals surface area contributed by atoms with Gasteiger partial charge in [0.2, 0.25) is 0 Å². The fourth-order valence-corrected chi connectivity index (χ4v) is 2.34. The van der Waals surface area contributed by atoms with Crippen molar-refractivity contribution in [2.45, 2.75) is 0 Å². The number of hydrogen-bond acceptors (Lipinski definition) is 3. The zero-order valence-corrected chi connectivity index (χ0v) is 8.76. The molecule has 0 unspecified atom stereocenters. The van der Waals surface area contributed by atoms with E-state index in [1.807, 2.05) is 0 Å². The van der Waals surface area contributed by atoms with Crippen LogP contribution in [0.2, 0.25) is 0 Å². The molecule has 1 aliphatic heterocycles. The molecule has 1 aliphatic rings. The van der Waals surface area contributed by atoms with Crippen molar-refractivity contribution in [2.75, 3.05) is 0 Å². The maximum atomic E-state index is 11.5. The van der Waals surface area contributed by atoms with Crippen molar-refractivity contribution in [2.24, 2.45) is 0 Å². The highest BCUT2D eigenvalue weighted by molar-refractivity contribution is 9.49. The van der Waals surface area contributed by atoms with Crippen LogP contribution in [-0.4, -0.2) is 16.1 Å². The van der Waals surface area contributed by atoms with Gasteiger partial charge in [-0.05, 0) is 12.1 Å². The Hall–Kier alpha value is -0.810. The maximum Gasteiger partial charge on any atom is 0.272 e. The molecular weight excluding hydrogens is 254 g/mol. The minimum Gasteiger partial charge on any atom is -0.268 e. The molecule has 0 saturated heterocycles. The van der Waals surface area contributed by atoms with Crippen LogP contribution in [0.15, 0.2) is 24.3 Å². The number of hydrogen-bond donors (Lipinski definition) is 0. The molecule has 2 amide bonds. The summed E-state index contributed by atoms with van der Waals surface area (Å²) in [6, 6.07) is 6.79. The van der Waals surface area contributed by atoms with Gasteiger partial charge < -0.3 is 0 Å². The van der Waals surface area contributed by atoms with E-state index in [-0.39, 0.29) is 11.8 Å². The Bertz CT molecular complexity index is 358. The molecule has 3 nitrogen and oxygen atoms in total. The van der Waals surface area contributed by atoms with Crippen molar-refractivity contribution in [3.8, 4) is 0 Å². The highest BCUT2D eigenvalue weighted by Crippen LogP contribution is 2.30. The first-order valence-electron chi connectivity index (χ1n) is 3.52. The normalized spacial score (nSPS) is 15.0. The third-order valence-corrected chi connectivity index (χ3v) is 3.16. The van der Waals surface area contributed by atoms with Gasteiger partial charge in [0.1, 0.15) is 0 Å². The van der Waals surface area contributed by atoms with Crippen molar-refractivity contribution in [1.29, 1.82) is 0 Å². The Balaban J connectivity index is 2.57. The molecule has 0 bridgehead atoms. The number of carbonyl (C=O) groups is 2. The van der Waals surface area contributed by atoms with E-state index in [0.29, 0.717) is 11.1 Å². The standard InChI is InChI=1S/C8H4BrNO2S/c9-13-10-7(11)5-3-1-2-4-6(5)8(10)12/h1-4H. The number of amides is 2. The van der Waals surface area contributed by atoms with E-state index in [9.17, 15) is 9.59 Å². The number of imide groups is 1. The van der Waals surface area contributed by atoms with E-state index in [0.717, 1.165) is 14.7 Å². The van der Waals surface area contributed by atoms with E-state index in [1.54, 1.807) is 24.3 Å². The van der Waals surface area contributed by atoms with Crippen LogP contribution in [0.1, 0.15) is 20.7 Å². The Kier molecular flexibility index (Phi) is 2.13. The van der Waals surface area contributed by atoms with Crippen LogP contribution in [-0.2, 0) is 0 Å². The average molecular weight is 258 g/mol. The van der Waals surface area contributed by atoms with E-state index in [1.165, 1.54) is 0 Å². The Morgan fingerprint density at radius 1 is 1.08 bits per heavy atom. The van der Waals surface area contributed by atoms with Crippen molar-refractivity contribution in [3.63, 3.8) is 0 Å². The van der Waals surface area contributed by atoms with Gasteiger partial charge in [0.15, 0.2) is 0 Å². The Morgan fingerprint density at radius 3 is 1.92 bits per heavy atom. The third kappa shape index (κ3) is 1.19. The molecule has 13 heavy (non-hydrogen) atoms. The molecule has 0 saturated carbocycles. The van der Waals surface area contributed by atoms with Crippen LogP contribution in [0.4, 0.5) is 0 Å². The molecule has 66 valence electrons. The highest BCUT2D eigenvalue weighted by atomic mass is 79.9.